The van der Waals surface area contributed by atoms with E-state index in [1.54, 1.807) is 4.90 Å². The van der Waals surface area contributed by atoms with Gasteiger partial charge < -0.3 is 24.2 Å². The highest BCUT2D eigenvalue weighted by Crippen LogP contribution is 2.33. The van der Waals surface area contributed by atoms with Crippen molar-refractivity contribution in [2.45, 2.75) is 31.4 Å². The van der Waals surface area contributed by atoms with Crippen molar-refractivity contribution >= 4 is 11.8 Å². The third-order valence-corrected chi connectivity index (χ3v) is 4.84. The zero-order valence-electron chi connectivity index (χ0n) is 16.7. The molecule has 7 nitrogen and oxygen atoms in total. The zero-order chi connectivity index (χ0) is 23.5. The molecule has 1 N–H and O–H groups in total. The molecule has 2 heterocycles. The maximum atomic E-state index is 12.7. The highest BCUT2D eigenvalue weighted by atomic mass is 19.4. The van der Waals surface area contributed by atoms with Crippen LogP contribution in [-0.2, 0) is 10.9 Å². The van der Waals surface area contributed by atoms with Gasteiger partial charge in [0.1, 0.15) is 23.2 Å². The van der Waals surface area contributed by atoms with Crippen LogP contribution >= 0.6 is 0 Å². The van der Waals surface area contributed by atoms with Gasteiger partial charge in [0.15, 0.2) is 0 Å². The molecule has 12 heteroatoms. The van der Waals surface area contributed by atoms with E-state index in [0.29, 0.717) is 0 Å². The smallest absolute Gasteiger partial charge is 0.416 e. The number of ether oxygens (including phenoxy) is 3. The van der Waals surface area contributed by atoms with Crippen LogP contribution < -0.4 is 14.4 Å². The lowest BCUT2D eigenvalue weighted by Crippen LogP contribution is -2.34. The average molecular weight is 462 g/mol. The first-order chi connectivity index (χ1) is 15.1. The second-order valence-electron chi connectivity index (χ2n) is 6.93. The summed E-state index contributed by atoms with van der Waals surface area (Å²) in [4.78, 5) is 17.0. The van der Waals surface area contributed by atoms with Gasteiger partial charge >= 0.3 is 18.8 Å². The maximum absolute atomic E-state index is 12.7. The summed E-state index contributed by atoms with van der Waals surface area (Å²) < 4.78 is 78.6. The largest absolute Gasteiger partial charge is 0.489 e. The number of pyridine rings is 1. The molecule has 0 unspecified atom stereocenters. The number of carboxylic acid groups (broad SMARTS) is 1. The SMILES string of the molecule is COc1nc(N2C[C@@H](Oc3ccc(C(F)(F)F)cc3)C[C@H]2COC(F)F)ccc1C(=O)O. The van der Waals surface area contributed by atoms with Gasteiger partial charge in [0.2, 0.25) is 5.88 Å². The average Bonchev–Trinajstić information content (AvgIpc) is 3.14. The van der Waals surface area contributed by atoms with Gasteiger partial charge in [-0.25, -0.2) is 4.79 Å². The van der Waals surface area contributed by atoms with Crippen LogP contribution in [0.15, 0.2) is 36.4 Å². The highest BCUT2D eigenvalue weighted by molar-refractivity contribution is 5.90. The molecule has 2 atom stereocenters. The van der Waals surface area contributed by atoms with Gasteiger partial charge in [-0.05, 0) is 36.4 Å². The van der Waals surface area contributed by atoms with Crippen LogP contribution in [0.25, 0.3) is 0 Å². The van der Waals surface area contributed by atoms with Gasteiger partial charge in [0.05, 0.1) is 31.9 Å². The Kier molecular flexibility index (Phi) is 7.02. The van der Waals surface area contributed by atoms with E-state index in [2.05, 4.69) is 9.72 Å². The molecular formula is C20H19F5N2O5. The molecule has 0 amide bonds. The van der Waals surface area contributed by atoms with Crippen LogP contribution in [0.2, 0.25) is 0 Å². The van der Waals surface area contributed by atoms with Crippen LogP contribution in [-0.4, -0.2) is 55.1 Å². The number of nitrogens with zero attached hydrogens (tertiary/aromatic N) is 2. The van der Waals surface area contributed by atoms with Gasteiger partial charge in [-0.3, -0.25) is 0 Å². The van der Waals surface area contributed by atoms with Gasteiger partial charge in [-0.2, -0.15) is 26.9 Å². The topological polar surface area (TPSA) is 81.1 Å². The molecule has 1 aromatic carbocycles. The van der Waals surface area contributed by atoms with E-state index in [1.807, 2.05) is 0 Å². The summed E-state index contributed by atoms with van der Waals surface area (Å²) in [6, 6.07) is 6.21. The van der Waals surface area contributed by atoms with Crippen LogP contribution in [0.4, 0.5) is 27.8 Å². The number of carbonyl (C=O) groups is 1. The number of aromatic carboxylic acids is 1. The van der Waals surface area contributed by atoms with Crippen molar-refractivity contribution in [1.82, 2.24) is 4.98 Å². The Morgan fingerprint density at radius 3 is 2.47 bits per heavy atom. The predicted molar refractivity (Wildman–Crippen MR) is 101 cm³/mol. The Balaban J connectivity index is 1.79. The minimum Gasteiger partial charge on any atom is -0.489 e. The van der Waals surface area contributed by atoms with E-state index in [9.17, 15) is 31.9 Å². The van der Waals surface area contributed by atoms with Crippen LogP contribution in [0.3, 0.4) is 0 Å². The number of hydrogen-bond donors (Lipinski definition) is 1. The molecule has 0 radical (unpaired) electrons. The molecule has 174 valence electrons. The van der Waals surface area contributed by atoms with E-state index < -0.39 is 36.5 Å². The first kappa shape index (κ1) is 23.5. The van der Waals surface area contributed by atoms with Gasteiger partial charge in [0.25, 0.3) is 0 Å². The van der Waals surface area contributed by atoms with Gasteiger partial charge in [-0.1, -0.05) is 0 Å². The van der Waals surface area contributed by atoms with Crippen molar-refractivity contribution in [3.63, 3.8) is 0 Å². The standard InChI is InChI=1S/C20H19F5N2O5/c1-30-17-15(18(28)29)6-7-16(26-17)27-9-14(8-12(27)10-31-19(21)22)32-13-4-2-11(3-5-13)20(23,24)25/h2-7,12,14,19H,8-10H2,1H3,(H,28,29)/t12-,14-/m0/s1. The van der Waals surface area contributed by atoms with Crippen molar-refractivity contribution < 1.29 is 46.1 Å². The summed E-state index contributed by atoms with van der Waals surface area (Å²) in [5.41, 5.74) is -0.996. The van der Waals surface area contributed by atoms with E-state index in [0.717, 1.165) is 12.1 Å². The van der Waals surface area contributed by atoms with Crippen LogP contribution in [0.1, 0.15) is 22.3 Å². The summed E-state index contributed by atoms with van der Waals surface area (Å²) in [7, 11) is 1.25. The quantitative estimate of drug-likeness (QED) is 0.593. The summed E-state index contributed by atoms with van der Waals surface area (Å²) in [6.07, 6.45) is -4.82. The number of hydrogen-bond acceptors (Lipinski definition) is 6. The maximum Gasteiger partial charge on any atom is 0.416 e. The fourth-order valence-corrected chi connectivity index (χ4v) is 3.41. The normalized spacial score (nSPS) is 18.8. The second-order valence-corrected chi connectivity index (χ2v) is 6.93. The zero-order valence-corrected chi connectivity index (χ0v) is 16.7. The fourth-order valence-electron chi connectivity index (χ4n) is 3.41. The van der Waals surface area contributed by atoms with E-state index in [-0.39, 0.29) is 42.6 Å². The number of anilines is 1. The Bertz CT molecular complexity index is 939. The molecule has 0 spiro atoms. The van der Waals surface area contributed by atoms with Crippen molar-refractivity contribution in [2.24, 2.45) is 0 Å². The van der Waals surface area contributed by atoms with E-state index >= 15 is 0 Å². The number of alkyl halides is 5. The molecule has 1 saturated heterocycles. The molecule has 1 aliphatic rings. The third-order valence-electron chi connectivity index (χ3n) is 4.84. The number of rotatable bonds is 8. The predicted octanol–water partition coefficient (Wildman–Crippen LogP) is 4.07. The molecule has 0 aliphatic carbocycles. The first-order valence-electron chi connectivity index (χ1n) is 9.37. The molecule has 1 fully saturated rings. The van der Waals surface area contributed by atoms with E-state index in [1.165, 1.54) is 31.4 Å². The van der Waals surface area contributed by atoms with Crippen LogP contribution in [0.5, 0.6) is 11.6 Å². The number of halogens is 5. The number of aromatic nitrogens is 1. The minimum absolute atomic E-state index is 0.154. The van der Waals surface area contributed by atoms with Crippen molar-refractivity contribution in [2.75, 3.05) is 25.2 Å². The number of benzene rings is 1. The molecule has 1 aliphatic heterocycles. The molecule has 3 rings (SSSR count). The molecule has 0 bridgehead atoms. The second kappa shape index (κ2) is 9.55. The summed E-state index contributed by atoms with van der Waals surface area (Å²) in [5, 5.41) is 9.20. The third kappa shape index (κ3) is 5.55. The Labute approximate surface area is 179 Å². The summed E-state index contributed by atoms with van der Waals surface area (Å²) in [6.45, 7) is -3.21. The van der Waals surface area contributed by atoms with Gasteiger partial charge in [0, 0.05) is 6.42 Å². The number of methoxy groups -OCH3 is 1. The molecule has 0 saturated carbocycles. The number of carboxylic acids is 1. The Hall–Kier alpha value is -3.15. The highest BCUT2D eigenvalue weighted by Gasteiger charge is 2.36. The molecule has 1 aromatic heterocycles. The summed E-state index contributed by atoms with van der Waals surface area (Å²) >= 11 is 0. The first-order valence-corrected chi connectivity index (χ1v) is 9.37. The lowest BCUT2D eigenvalue weighted by molar-refractivity contribution is -0.137. The van der Waals surface area contributed by atoms with Crippen molar-refractivity contribution in [1.29, 1.82) is 0 Å². The Morgan fingerprint density at radius 1 is 1.22 bits per heavy atom. The monoisotopic (exact) mass is 462 g/mol. The van der Waals surface area contributed by atoms with Crippen molar-refractivity contribution in [3.8, 4) is 11.6 Å². The van der Waals surface area contributed by atoms with Crippen LogP contribution in [0, 0.1) is 0 Å². The van der Waals surface area contributed by atoms with Crippen molar-refractivity contribution in [3.05, 3.63) is 47.5 Å². The molecular weight excluding hydrogens is 443 g/mol. The fraction of sp³-hybridized carbons (Fsp3) is 0.400. The van der Waals surface area contributed by atoms with E-state index in [4.69, 9.17) is 9.47 Å². The van der Waals surface area contributed by atoms with Gasteiger partial charge in [-0.15, -0.1) is 0 Å². The summed E-state index contributed by atoms with van der Waals surface area (Å²) in [5.74, 6) is -0.961. The molecule has 32 heavy (non-hydrogen) atoms. The lowest BCUT2D eigenvalue weighted by atomic mass is 10.2. The molecule has 2 aromatic rings. The minimum atomic E-state index is -4.48. The Morgan fingerprint density at radius 2 is 1.91 bits per heavy atom. The lowest BCUT2D eigenvalue weighted by Gasteiger charge is -2.25.